The molecule has 0 bridgehead atoms. The molecule has 1 amide bonds. The Morgan fingerprint density at radius 1 is 0.895 bits per heavy atom. The minimum absolute atomic E-state index is 0.167. The number of aryl methyl sites for hydroxylation is 1. The van der Waals surface area contributed by atoms with E-state index in [1.54, 1.807) is 18.2 Å². The normalized spacial score (nSPS) is 12.6. The highest BCUT2D eigenvalue weighted by molar-refractivity contribution is 6.09. The molecule has 0 spiro atoms. The average molecular weight is 513 g/mol. The van der Waals surface area contributed by atoms with Gasteiger partial charge in [-0.15, -0.1) is 0 Å². The van der Waals surface area contributed by atoms with Crippen LogP contribution >= 0.6 is 0 Å². The molecule has 0 unspecified atom stereocenters. The van der Waals surface area contributed by atoms with Crippen molar-refractivity contribution in [2.24, 2.45) is 0 Å². The second kappa shape index (κ2) is 11.8. The predicted octanol–water partition coefficient (Wildman–Crippen LogP) is 8.43. The number of unbranched alkanes of at least 4 members (excludes halogenated alkanes) is 5. The lowest BCUT2D eigenvalue weighted by Crippen LogP contribution is -2.26. The molecule has 0 atom stereocenters. The smallest absolute Gasteiger partial charge is 0.252 e. The number of carbonyl (C=O) groups excluding carboxylic acids is 1. The number of nitrogens with zero attached hydrogens (tertiary/aromatic N) is 1. The number of carbonyl (C=O) groups is 1. The lowest BCUT2D eigenvalue weighted by atomic mass is 9.93. The summed E-state index contributed by atoms with van der Waals surface area (Å²) in [7, 11) is 0. The van der Waals surface area contributed by atoms with Crippen molar-refractivity contribution in [3.8, 4) is 22.4 Å². The van der Waals surface area contributed by atoms with E-state index in [9.17, 15) is 13.6 Å². The largest absolute Gasteiger partial charge is 0.352 e. The van der Waals surface area contributed by atoms with Crippen LogP contribution in [0.1, 0.15) is 73.4 Å². The maximum Gasteiger partial charge on any atom is 0.252 e. The minimum Gasteiger partial charge on any atom is -0.352 e. The van der Waals surface area contributed by atoms with E-state index in [4.69, 9.17) is 4.98 Å². The van der Waals surface area contributed by atoms with Crippen molar-refractivity contribution in [3.05, 3.63) is 89.0 Å². The Hall–Kier alpha value is -3.60. The molecule has 5 heteroatoms. The molecule has 0 saturated carbocycles. The maximum absolute atomic E-state index is 14.5. The Kier molecular flexibility index (Phi) is 8.11. The zero-order chi connectivity index (χ0) is 26.5. The van der Waals surface area contributed by atoms with Crippen molar-refractivity contribution in [2.45, 2.75) is 64.7 Å². The Labute approximate surface area is 223 Å². The molecule has 1 N–H and O–H groups in total. The molecular formula is C33H34F2N2O. The fraction of sp³-hybridized carbons (Fsp3) is 0.333. The zero-order valence-electron chi connectivity index (χ0n) is 22.0. The molecular weight excluding hydrogens is 478 g/mol. The van der Waals surface area contributed by atoms with Crippen LogP contribution < -0.4 is 5.32 Å². The molecule has 38 heavy (non-hydrogen) atoms. The van der Waals surface area contributed by atoms with Gasteiger partial charge in [0.25, 0.3) is 5.91 Å². The third-order valence-electron chi connectivity index (χ3n) is 7.51. The van der Waals surface area contributed by atoms with Gasteiger partial charge in [0.05, 0.1) is 16.8 Å². The van der Waals surface area contributed by atoms with Gasteiger partial charge in [-0.2, -0.15) is 0 Å². The monoisotopic (exact) mass is 512 g/mol. The van der Waals surface area contributed by atoms with Crippen LogP contribution in [0.3, 0.4) is 0 Å². The van der Waals surface area contributed by atoms with E-state index in [0.29, 0.717) is 35.0 Å². The van der Waals surface area contributed by atoms with E-state index < -0.39 is 0 Å². The van der Waals surface area contributed by atoms with Gasteiger partial charge in [-0.25, -0.2) is 13.8 Å². The highest BCUT2D eigenvalue weighted by Gasteiger charge is 2.25. The summed E-state index contributed by atoms with van der Waals surface area (Å²) in [5.74, 6) is -0.802. The molecule has 0 fully saturated rings. The summed E-state index contributed by atoms with van der Waals surface area (Å²) >= 11 is 0. The van der Waals surface area contributed by atoms with Gasteiger partial charge >= 0.3 is 0 Å². The summed E-state index contributed by atoms with van der Waals surface area (Å²) < 4.78 is 28.8. The van der Waals surface area contributed by atoms with Gasteiger partial charge in [-0.3, -0.25) is 4.79 Å². The molecule has 1 heterocycles. The van der Waals surface area contributed by atoms with Gasteiger partial charge in [-0.05, 0) is 66.6 Å². The first-order chi connectivity index (χ1) is 18.6. The third kappa shape index (κ3) is 5.47. The number of nitrogens with one attached hydrogen (secondary N) is 1. The van der Waals surface area contributed by atoms with Crippen LogP contribution in [-0.4, -0.2) is 17.4 Å². The standard InChI is InChI=1S/C33H34F2N2O/c1-2-3-4-5-6-9-19-36-33(38)31-27-13-10-11-22-20-23(25-12-7-8-14-29(25)35)15-17-26(22)32(27)37-30-18-16-24(34)21-28(30)31/h7-8,12,14-18,20-21H,2-6,9-11,13,19H2,1H3,(H,36,38). The molecule has 1 aliphatic rings. The van der Waals surface area contributed by atoms with E-state index in [2.05, 4.69) is 12.2 Å². The molecule has 4 aromatic rings. The number of amides is 1. The Morgan fingerprint density at radius 3 is 2.55 bits per heavy atom. The molecule has 3 aromatic carbocycles. The summed E-state index contributed by atoms with van der Waals surface area (Å²) in [6, 6.07) is 17.2. The Bertz CT molecular complexity index is 1460. The van der Waals surface area contributed by atoms with Crippen molar-refractivity contribution in [2.75, 3.05) is 6.54 Å². The van der Waals surface area contributed by atoms with Gasteiger partial charge in [-0.1, -0.05) is 75.4 Å². The van der Waals surface area contributed by atoms with Gasteiger partial charge in [0.2, 0.25) is 0 Å². The van der Waals surface area contributed by atoms with Crippen molar-refractivity contribution in [1.29, 1.82) is 0 Å². The summed E-state index contributed by atoms with van der Waals surface area (Å²) in [5.41, 5.74) is 6.18. The lowest BCUT2D eigenvalue weighted by molar-refractivity contribution is 0.0953. The molecule has 0 aliphatic heterocycles. The Balaban J connectivity index is 1.51. The number of halogens is 2. The van der Waals surface area contributed by atoms with Gasteiger partial charge in [0.15, 0.2) is 0 Å². The number of benzene rings is 3. The highest BCUT2D eigenvalue weighted by Crippen LogP contribution is 2.38. The van der Waals surface area contributed by atoms with Crippen molar-refractivity contribution >= 4 is 16.8 Å². The highest BCUT2D eigenvalue weighted by atomic mass is 19.1. The molecule has 5 rings (SSSR count). The van der Waals surface area contributed by atoms with Crippen LogP contribution in [0.25, 0.3) is 33.3 Å². The Morgan fingerprint density at radius 2 is 1.71 bits per heavy atom. The van der Waals surface area contributed by atoms with E-state index >= 15 is 0 Å². The van der Waals surface area contributed by atoms with Gasteiger partial charge < -0.3 is 5.32 Å². The number of hydrogen-bond donors (Lipinski definition) is 1. The second-order valence-electron chi connectivity index (χ2n) is 10.2. The molecule has 1 aromatic heterocycles. The number of pyridine rings is 1. The van der Waals surface area contributed by atoms with E-state index in [1.807, 2.05) is 24.3 Å². The van der Waals surface area contributed by atoms with Crippen molar-refractivity contribution in [1.82, 2.24) is 10.3 Å². The first kappa shape index (κ1) is 26.0. The zero-order valence-corrected chi connectivity index (χ0v) is 22.0. The SMILES string of the molecule is CCCCCCCCNC(=O)c1c2c(nc3ccc(F)cc13)-c1ccc(-c3ccccc3F)cc1CCC2. The van der Waals surface area contributed by atoms with Crippen molar-refractivity contribution < 1.29 is 13.6 Å². The number of aromatic nitrogens is 1. The number of fused-ring (bicyclic) bond motifs is 4. The molecule has 196 valence electrons. The number of hydrogen-bond acceptors (Lipinski definition) is 2. The second-order valence-corrected chi connectivity index (χ2v) is 10.2. The quantitative estimate of drug-likeness (QED) is 0.229. The molecule has 1 aliphatic carbocycles. The van der Waals surface area contributed by atoms with Crippen molar-refractivity contribution in [3.63, 3.8) is 0 Å². The summed E-state index contributed by atoms with van der Waals surface area (Å²) in [6.45, 7) is 2.80. The van der Waals surface area contributed by atoms with Gasteiger partial charge in [0, 0.05) is 23.1 Å². The van der Waals surface area contributed by atoms with E-state index in [1.165, 1.54) is 43.9 Å². The van der Waals surface area contributed by atoms with Crippen LogP contribution in [0.4, 0.5) is 8.78 Å². The van der Waals surface area contributed by atoms with E-state index in [0.717, 1.165) is 53.6 Å². The van der Waals surface area contributed by atoms with Crippen LogP contribution in [-0.2, 0) is 12.8 Å². The predicted molar refractivity (Wildman–Crippen MR) is 150 cm³/mol. The molecule has 0 saturated heterocycles. The average Bonchev–Trinajstić information content (AvgIpc) is 3.10. The topological polar surface area (TPSA) is 42.0 Å². The van der Waals surface area contributed by atoms with Crippen LogP contribution in [0, 0.1) is 11.6 Å². The first-order valence-corrected chi connectivity index (χ1v) is 13.9. The fourth-order valence-corrected chi connectivity index (χ4v) is 5.55. The third-order valence-corrected chi connectivity index (χ3v) is 7.51. The fourth-order valence-electron chi connectivity index (χ4n) is 5.55. The van der Waals surface area contributed by atoms with E-state index in [-0.39, 0.29) is 17.5 Å². The summed E-state index contributed by atoms with van der Waals surface area (Å²) in [6.07, 6.45) is 9.14. The van der Waals surface area contributed by atoms with Crippen LogP contribution in [0.15, 0.2) is 60.7 Å². The number of rotatable bonds is 9. The molecule has 3 nitrogen and oxygen atoms in total. The van der Waals surface area contributed by atoms with Crippen LogP contribution in [0.2, 0.25) is 0 Å². The van der Waals surface area contributed by atoms with Gasteiger partial charge in [0.1, 0.15) is 11.6 Å². The summed E-state index contributed by atoms with van der Waals surface area (Å²) in [5, 5.41) is 3.65. The first-order valence-electron chi connectivity index (χ1n) is 13.9. The summed E-state index contributed by atoms with van der Waals surface area (Å²) in [4.78, 5) is 18.5. The maximum atomic E-state index is 14.5. The minimum atomic E-state index is -0.382. The lowest BCUT2D eigenvalue weighted by Gasteiger charge is -2.17. The van der Waals surface area contributed by atoms with Crippen LogP contribution in [0.5, 0.6) is 0 Å². The molecule has 0 radical (unpaired) electrons.